The summed E-state index contributed by atoms with van der Waals surface area (Å²) in [6, 6.07) is 3.03. The molecular formula is C14H11Cl2N3O3S. The second-order valence-electron chi connectivity index (χ2n) is 4.65. The van der Waals surface area contributed by atoms with Crippen LogP contribution in [0, 0.1) is 16.8 Å². The van der Waals surface area contributed by atoms with Gasteiger partial charge in [0, 0.05) is 13.0 Å². The van der Waals surface area contributed by atoms with E-state index < -0.39 is 0 Å². The predicted octanol–water partition coefficient (Wildman–Crippen LogP) is 2.82. The van der Waals surface area contributed by atoms with Crippen LogP contribution in [0.3, 0.4) is 0 Å². The van der Waals surface area contributed by atoms with Gasteiger partial charge < -0.3 is 9.47 Å². The fraction of sp³-hybridized carbons (Fsp3) is 0.286. The lowest BCUT2D eigenvalue weighted by atomic mass is 10.3. The van der Waals surface area contributed by atoms with Crippen LogP contribution in [0.4, 0.5) is 0 Å². The van der Waals surface area contributed by atoms with E-state index in [-0.39, 0.29) is 22.2 Å². The molecule has 0 spiro atoms. The summed E-state index contributed by atoms with van der Waals surface area (Å²) in [4.78, 5) is 12.6. The van der Waals surface area contributed by atoms with Crippen LogP contribution in [0.25, 0.3) is 5.69 Å². The number of rotatable bonds is 2. The van der Waals surface area contributed by atoms with E-state index in [4.69, 9.17) is 44.9 Å². The highest BCUT2D eigenvalue weighted by molar-refractivity contribution is 7.71. The van der Waals surface area contributed by atoms with E-state index in [1.165, 1.54) is 15.3 Å². The Balaban J connectivity index is 2.23. The van der Waals surface area contributed by atoms with Gasteiger partial charge in [-0.25, -0.2) is 18.7 Å². The number of nitrogens with zero attached hydrogens (tertiary/aromatic N) is 3. The van der Waals surface area contributed by atoms with Gasteiger partial charge in [0.15, 0.2) is 5.75 Å². The van der Waals surface area contributed by atoms with Crippen molar-refractivity contribution < 1.29 is 9.47 Å². The number of hydrogen-bond acceptors (Lipinski definition) is 4. The third-order valence-corrected chi connectivity index (χ3v) is 4.27. The van der Waals surface area contributed by atoms with Crippen LogP contribution in [0.5, 0.6) is 5.75 Å². The van der Waals surface area contributed by atoms with Gasteiger partial charge >= 0.3 is 5.69 Å². The summed E-state index contributed by atoms with van der Waals surface area (Å²) in [5.74, 6) is 2.90. The molecule has 0 fully saturated rings. The molecule has 1 aliphatic heterocycles. The molecular weight excluding hydrogens is 361 g/mol. The van der Waals surface area contributed by atoms with Crippen molar-refractivity contribution in [1.29, 1.82) is 0 Å². The summed E-state index contributed by atoms with van der Waals surface area (Å²) in [6.45, 7) is 2.73. The summed E-state index contributed by atoms with van der Waals surface area (Å²) in [6.07, 6.45) is 2.46. The average Bonchev–Trinajstić information content (AvgIpc) is 2.79. The second-order valence-corrected chi connectivity index (χ2v) is 5.83. The van der Waals surface area contributed by atoms with Gasteiger partial charge in [-0.05, 0) is 18.3 Å². The van der Waals surface area contributed by atoms with Crippen LogP contribution in [0.15, 0.2) is 16.9 Å². The van der Waals surface area contributed by atoms with Gasteiger partial charge in [0.2, 0.25) is 4.77 Å². The molecule has 0 bridgehead atoms. The number of benzene rings is 1. The Kier molecular flexibility index (Phi) is 4.50. The van der Waals surface area contributed by atoms with E-state index in [2.05, 4.69) is 12.0 Å². The smallest absolute Gasteiger partial charge is 0.350 e. The largest absolute Gasteiger partial charge is 0.406 e. The first-order chi connectivity index (χ1) is 11.0. The van der Waals surface area contributed by atoms with Crippen molar-refractivity contribution in [2.45, 2.75) is 20.2 Å². The first kappa shape index (κ1) is 16.1. The third kappa shape index (κ3) is 2.79. The Labute approximate surface area is 146 Å². The molecule has 2 heterocycles. The minimum atomic E-state index is -0.296. The number of hydrogen-bond donors (Lipinski definition) is 0. The highest BCUT2D eigenvalue weighted by Crippen LogP contribution is 2.33. The molecule has 0 amide bonds. The first-order valence-electron chi connectivity index (χ1n) is 6.63. The van der Waals surface area contributed by atoms with Gasteiger partial charge in [-0.1, -0.05) is 29.1 Å². The zero-order chi connectivity index (χ0) is 16.6. The Morgan fingerprint density at radius 2 is 2.09 bits per heavy atom. The Morgan fingerprint density at radius 1 is 1.30 bits per heavy atom. The van der Waals surface area contributed by atoms with Crippen LogP contribution in [0.2, 0.25) is 10.0 Å². The van der Waals surface area contributed by atoms with Gasteiger partial charge in [-0.3, -0.25) is 0 Å². The molecule has 0 saturated carbocycles. The Morgan fingerprint density at radius 3 is 2.78 bits per heavy atom. The number of halogens is 2. The van der Waals surface area contributed by atoms with Gasteiger partial charge in [0.1, 0.15) is 12.8 Å². The van der Waals surface area contributed by atoms with E-state index in [1.54, 1.807) is 17.7 Å². The quantitative estimate of drug-likeness (QED) is 0.601. The van der Waals surface area contributed by atoms with E-state index in [0.29, 0.717) is 29.6 Å². The fourth-order valence-corrected chi connectivity index (χ4v) is 3.08. The van der Waals surface area contributed by atoms with E-state index in [9.17, 15) is 4.79 Å². The molecule has 1 aliphatic rings. The molecule has 3 rings (SSSR count). The maximum atomic E-state index is 12.6. The molecule has 0 N–H and O–H groups in total. The van der Waals surface area contributed by atoms with Crippen molar-refractivity contribution in [3.05, 3.63) is 37.4 Å². The molecule has 23 heavy (non-hydrogen) atoms. The van der Waals surface area contributed by atoms with E-state index >= 15 is 0 Å². The lowest BCUT2D eigenvalue weighted by molar-refractivity contribution is 0.0133. The molecule has 120 valence electrons. The lowest BCUT2D eigenvalue weighted by Gasteiger charge is -2.15. The van der Waals surface area contributed by atoms with Crippen molar-refractivity contribution in [2.75, 3.05) is 6.61 Å². The number of fused-ring (bicyclic) bond motifs is 1. The maximum absolute atomic E-state index is 12.6. The summed E-state index contributed by atoms with van der Waals surface area (Å²) in [5.41, 5.74) is 0.0865. The van der Waals surface area contributed by atoms with E-state index in [1.807, 2.05) is 0 Å². The van der Waals surface area contributed by atoms with Gasteiger partial charge in [0.25, 0.3) is 0 Å². The van der Waals surface area contributed by atoms with Crippen LogP contribution < -0.4 is 10.4 Å². The summed E-state index contributed by atoms with van der Waals surface area (Å²) in [7, 11) is 0. The van der Waals surface area contributed by atoms with Crippen molar-refractivity contribution in [1.82, 2.24) is 13.9 Å². The number of aromatic nitrogens is 3. The highest BCUT2D eigenvalue weighted by Gasteiger charge is 2.20. The van der Waals surface area contributed by atoms with Crippen molar-refractivity contribution in [3.63, 3.8) is 0 Å². The van der Waals surface area contributed by atoms with E-state index in [0.717, 1.165) is 0 Å². The van der Waals surface area contributed by atoms with Crippen molar-refractivity contribution in [3.8, 4) is 23.5 Å². The molecule has 0 radical (unpaired) electrons. The standard InChI is InChI=1S/C14H11Cl2N3O3S/c1-2-4-22-12-7-11(9(15)6-10(12)16)19-13(20)17-3-5-21-8-18(17)14(19)23/h6-7H,3,5,8H2,1H3. The minimum absolute atomic E-state index is 0.219. The average molecular weight is 372 g/mol. The zero-order valence-electron chi connectivity index (χ0n) is 12.0. The fourth-order valence-electron chi connectivity index (χ4n) is 2.24. The molecule has 0 saturated heterocycles. The molecule has 1 aromatic carbocycles. The normalized spacial score (nSPS) is 13.2. The van der Waals surface area contributed by atoms with Crippen molar-refractivity contribution in [2.24, 2.45) is 0 Å². The molecule has 0 atom stereocenters. The molecule has 0 unspecified atom stereocenters. The molecule has 1 aromatic heterocycles. The van der Waals surface area contributed by atoms with Crippen molar-refractivity contribution >= 4 is 35.4 Å². The monoisotopic (exact) mass is 371 g/mol. The van der Waals surface area contributed by atoms with Crippen LogP contribution in [-0.4, -0.2) is 20.5 Å². The molecule has 2 aromatic rings. The predicted molar refractivity (Wildman–Crippen MR) is 88.9 cm³/mol. The Hall–Kier alpha value is -1.72. The molecule has 9 heteroatoms. The van der Waals surface area contributed by atoms with Gasteiger partial charge in [-0.15, -0.1) is 0 Å². The maximum Gasteiger partial charge on any atom is 0.350 e. The molecule has 0 aliphatic carbocycles. The van der Waals surface area contributed by atoms with Gasteiger partial charge in [-0.2, -0.15) is 0 Å². The van der Waals surface area contributed by atoms with Crippen LogP contribution in [0.1, 0.15) is 6.92 Å². The highest BCUT2D eigenvalue weighted by atomic mass is 35.5. The number of ether oxygens (including phenoxy) is 2. The topological polar surface area (TPSA) is 50.3 Å². The minimum Gasteiger partial charge on any atom is -0.406 e. The molecule has 6 nitrogen and oxygen atoms in total. The summed E-state index contributed by atoms with van der Waals surface area (Å²) >= 11 is 17.7. The van der Waals surface area contributed by atoms with Crippen LogP contribution >= 0.6 is 35.4 Å². The van der Waals surface area contributed by atoms with Gasteiger partial charge in [0.05, 0.1) is 28.9 Å². The van der Waals surface area contributed by atoms with Crippen LogP contribution in [-0.2, 0) is 18.0 Å². The SMILES string of the molecule is CC#COc1cc(-n2c(=O)n3n(c2=S)COCC3)c(Cl)cc1Cl. The lowest BCUT2D eigenvalue weighted by Crippen LogP contribution is -2.32. The summed E-state index contributed by atoms with van der Waals surface area (Å²) < 4.78 is 15.3. The zero-order valence-corrected chi connectivity index (χ0v) is 14.3. The Bertz CT molecular complexity index is 912. The first-order valence-corrected chi connectivity index (χ1v) is 7.79. The summed E-state index contributed by atoms with van der Waals surface area (Å²) in [5, 5.41) is 0.574. The third-order valence-electron chi connectivity index (χ3n) is 3.28. The second kappa shape index (κ2) is 6.42.